The van der Waals surface area contributed by atoms with Gasteiger partial charge in [0.1, 0.15) is 0 Å². The van der Waals surface area contributed by atoms with Gasteiger partial charge in [-0.25, -0.2) is 0 Å². The van der Waals surface area contributed by atoms with E-state index in [1.807, 2.05) is 11.7 Å². The summed E-state index contributed by atoms with van der Waals surface area (Å²) in [6.07, 6.45) is 1.12. The summed E-state index contributed by atoms with van der Waals surface area (Å²) in [5.41, 5.74) is 6.54. The first-order chi connectivity index (χ1) is 10.2. The third kappa shape index (κ3) is 2.87. The molecular formula is C17H24N4. The summed E-state index contributed by atoms with van der Waals surface area (Å²) in [7, 11) is 2.01. The highest BCUT2D eigenvalue weighted by Gasteiger charge is 2.18. The average molecular weight is 284 g/mol. The molecule has 3 rings (SSSR count). The number of nitrogens with one attached hydrogen (secondary N) is 2. The van der Waals surface area contributed by atoms with Gasteiger partial charge in [-0.15, -0.1) is 0 Å². The van der Waals surface area contributed by atoms with Crippen molar-refractivity contribution in [2.45, 2.75) is 39.4 Å². The minimum atomic E-state index is 0.412. The highest BCUT2D eigenvalue weighted by atomic mass is 15.3. The number of hydrogen-bond acceptors (Lipinski definition) is 3. The molecule has 1 aliphatic rings. The zero-order chi connectivity index (χ0) is 14.8. The molecule has 1 aromatic carbocycles. The summed E-state index contributed by atoms with van der Waals surface area (Å²) in [6, 6.07) is 9.15. The number of rotatable bonds is 3. The molecule has 2 N–H and O–H groups in total. The summed E-state index contributed by atoms with van der Waals surface area (Å²) in [6.45, 7) is 7.13. The van der Waals surface area contributed by atoms with Crippen LogP contribution in [-0.2, 0) is 20.1 Å². The molecular weight excluding hydrogens is 260 g/mol. The second-order valence-electron chi connectivity index (χ2n) is 5.87. The molecule has 1 atom stereocenters. The molecule has 4 nitrogen and oxygen atoms in total. The number of benzene rings is 1. The van der Waals surface area contributed by atoms with Crippen LogP contribution in [0.25, 0.3) is 0 Å². The monoisotopic (exact) mass is 284 g/mol. The van der Waals surface area contributed by atoms with Gasteiger partial charge in [0.25, 0.3) is 0 Å². The van der Waals surface area contributed by atoms with Crippen LogP contribution in [-0.4, -0.2) is 16.3 Å². The van der Waals surface area contributed by atoms with Gasteiger partial charge in [0.05, 0.1) is 5.69 Å². The fourth-order valence-corrected chi connectivity index (χ4v) is 3.17. The van der Waals surface area contributed by atoms with Gasteiger partial charge in [-0.3, -0.25) is 4.68 Å². The van der Waals surface area contributed by atoms with Crippen molar-refractivity contribution in [2.75, 3.05) is 6.54 Å². The molecule has 0 amide bonds. The first-order valence-corrected chi connectivity index (χ1v) is 7.68. The molecule has 1 aromatic heterocycles. The van der Waals surface area contributed by atoms with E-state index in [1.54, 1.807) is 0 Å². The third-order valence-electron chi connectivity index (χ3n) is 4.54. The highest BCUT2D eigenvalue weighted by Crippen LogP contribution is 2.24. The number of fused-ring (bicyclic) bond motifs is 1. The van der Waals surface area contributed by atoms with E-state index in [0.29, 0.717) is 6.04 Å². The molecule has 21 heavy (non-hydrogen) atoms. The summed E-state index contributed by atoms with van der Waals surface area (Å²) < 4.78 is 1.97. The molecule has 0 spiro atoms. The Hall–Kier alpha value is -1.65. The van der Waals surface area contributed by atoms with Crippen molar-refractivity contribution < 1.29 is 0 Å². The number of aryl methyl sites for hydroxylation is 2. The zero-order valence-corrected chi connectivity index (χ0v) is 13.1. The topological polar surface area (TPSA) is 41.9 Å². The van der Waals surface area contributed by atoms with Crippen molar-refractivity contribution in [2.24, 2.45) is 7.05 Å². The maximum atomic E-state index is 4.50. The minimum Gasteiger partial charge on any atom is -0.313 e. The van der Waals surface area contributed by atoms with E-state index in [4.69, 9.17) is 0 Å². The lowest BCUT2D eigenvalue weighted by molar-refractivity contribution is 0.494. The lowest BCUT2D eigenvalue weighted by Gasteiger charge is -2.19. The zero-order valence-electron chi connectivity index (χ0n) is 13.1. The molecule has 4 heteroatoms. The third-order valence-corrected chi connectivity index (χ3v) is 4.54. The van der Waals surface area contributed by atoms with E-state index in [1.165, 1.54) is 22.4 Å². The van der Waals surface area contributed by atoms with Gasteiger partial charge in [-0.1, -0.05) is 24.3 Å². The summed E-state index contributed by atoms with van der Waals surface area (Å²) in [5.74, 6) is 0. The Morgan fingerprint density at radius 2 is 2.14 bits per heavy atom. The maximum absolute atomic E-state index is 4.50. The second-order valence-corrected chi connectivity index (χ2v) is 5.87. The van der Waals surface area contributed by atoms with Crippen molar-refractivity contribution in [3.8, 4) is 0 Å². The molecule has 0 aliphatic carbocycles. The average Bonchev–Trinajstić information content (AvgIpc) is 2.67. The van der Waals surface area contributed by atoms with E-state index < -0.39 is 0 Å². The first kappa shape index (κ1) is 14.3. The predicted molar refractivity (Wildman–Crippen MR) is 85.0 cm³/mol. The molecule has 2 heterocycles. The van der Waals surface area contributed by atoms with Gasteiger partial charge in [-0.05, 0) is 37.9 Å². The first-order valence-electron chi connectivity index (χ1n) is 7.68. The van der Waals surface area contributed by atoms with Gasteiger partial charge in [0.15, 0.2) is 0 Å². The maximum Gasteiger partial charge on any atom is 0.0641 e. The van der Waals surface area contributed by atoms with E-state index in [0.717, 1.165) is 31.7 Å². The van der Waals surface area contributed by atoms with Crippen molar-refractivity contribution >= 4 is 0 Å². The lowest BCUT2D eigenvalue weighted by Crippen LogP contribution is -2.23. The van der Waals surface area contributed by atoms with Crippen LogP contribution in [0.15, 0.2) is 24.3 Å². The van der Waals surface area contributed by atoms with Crippen LogP contribution in [0.1, 0.15) is 40.5 Å². The van der Waals surface area contributed by atoms with E-state index in [9.17, 15) is 0 Å². The van der Waals surface area contributed by atoms with Gasteiger partial charge in [-0.2, -0.15) is 5.10 Å². The molecule has 1 unspecified atom stereocenters. The molecule has 0 saturated heterocycles. The fourth-order valence-electron chi connectivity index (χ4n) is 3.17. The van der Waals surface area contributed by atoms with Crippen molar-refractivity contribution in [3.05, 3.63) is 52.3 Å². The Bertz CT molecular complexity index is 630. The molecule has 0 fully saturated rings. The summed E-state index contributed by atoms with van der Waals surface area (Å²) in [5, 5.41) is 11.7. The second kappa shape index (κ2) is 6.00. The fraction of sp³-hybridized carbons (Fsp3) is 0.471. The largest absolute Gasteiger partial charge is 0.313 e. The molecule has 0 radical (unpaired) electrons. The summed E-state index contributed by atoms with van der Waals surface area (Å²) >= 11 is 0. The van der Waals surface area contributed by atoms with Gasteiger partial charge in [0.2, 0.25) is 0 Å². The standard InChI is InChI=1S/C17H24N4/c1-12-16(13(2)21(3)20-12)11-19-17-8-9-18-10-14-6-4-5-7-15(14)17/h4-7,17-19H,8-11H2,1-3H3. The van der Waals surface area contributed by atoms with Crippen LogP contribution in [0.2, 0.25) is 0 Å². The Balaban J connectivity index is 1.79. The summed E-state index contributed by atoms with van der Waals surface area (Å²) in [4.78, 5) is 0. The van der Waals surface area contributed by atoms with Crippen molar-refractivity contribution in [1.29, 1.82) is 0 Å². The van der Waals surface area contributed by atoms with Crippen LogP contribution < -0.4 is 10.6 Å². The molecule has 2 aromatic rings. The van der Waals surface area contributed by atoms with Crippen molar-refractivity contribution in [3.63, 3.8) is 0 Å². The van der Waals surface area contributed by atoms with Crippen LogP contribution in [0.3, 0.4) is 0 Å². The van der Waals surface area contributed by atoms with Gasteiger partial charge >= 0.3 is 0 Å². The quantitative estimate of drug-likeness (QED) is 0.909. The Labute approximate surface area is 126 Å². The number of aromatic nitrogens is 2. The molecule has 112 valence electrons. The Morgan fingerprint density at radius 3 is 2.90 bits per heavy atom. The van der Waals surface area contributed by atoms with E-state index in [2.05, 4.69) is 53.8 Å². The van der Waals surface area contributed by atoms with Gasteiger partial charge in [0, 0.05) is 37.4 Å². The molecule has 1 aliphatic heterocycles. The SMILES string of the molecule is Cc1nn(C)c(C)c1CNC1CCNCc2ccccc21. The van der Waals surface area contributed by atoms with Crippen LogP contribution in [0, 0.1) is 13.8 Å². The van der Waals surface area contributed by atoms with E-state index in [-0.39, 0.29) is 0 Å². The smallest absolute Gasteiger partial charge is 0.0641 e. The molecule has 0 saturated carbocycles. The van der Waals surface area contributed by atoms with Crippen LogP contribution in [0.5, 0.6) is 0 Å². The van der Waals surface area contributed by atoms with E-state index >= 15 is 0 Å². The minimum absolute atomic E-state index is 0.412. The lowest BCUT2D eigenvalue weighted by atomic mass is 9.99. The predicted octanol–water partition coefficient (Wildman–Crippen LogP) is 2.36. The van der Waals surface area contributed by atoms with Crippen LogP contribution >= 0.6 is 0 Å². The molecule has 0 bridgehead atoms. The number of hydrogen-bond donors (Lipinski definition) is 2. The Kier molecular flexibility index (Phi) is 4.08. The van der Waals surface area contributed by atoms with Crippen molar-refractivity contribution in [1.82, 2.24) is 20.4 Å². The number of nitrogens with zero attached hydrogens (tertiary/aromatic N) is 2. The normalized spacial score (nSPS) is 18.3. The highest BCUT2D eigenvalue weighted by molar-refractivity contribution is 5.31. The van der Waals surface area contributed by atoms with Gasteiger partial charge < -0.3 is 10.6 Å². The Morgan fingerprint density at radius 1 is 1.33 bits per heavy atom. The van der Waals surface area contributed by atoms with Crippen LogP contribution in [0.4, 0.5) is 0 Å².